The topological polar surface area (TPSA) is 92.7 Å². The molecule has 0 saturated heterocycles. The van der Waals surface area contributed by atoms with Gasteiger partial charge in [-0.2, -0.15) is 0 Å². The molecule has 6 heteroatoms. The Kier molecular flexibility index (Phi) is 4.03. The predicted octanol–water partition coefficient (Wildman–Crippen LogP) is 0.210. The molecule has 0 spiro atoms. The molecule has 0 radical (unpaired) electrons. The first kappa shape index (κ1) is 13.0. The second-order valence-corrected chi connectivity index (χ2v) is 3.61. The van der Waals surface area contributed by atoms with Crippen LogP contribution >= 0.6 is 0 Å². The molecule has 1 aliphatic rings. The van der Waals surface area contributed by atoms with Crippen LogP contribution in [-0.4, -0.2) is 29.4 Å². The van der Waals surface area contributed by atoms with Crippen LogP contribution in [0.1, 0.15) is 13.3 Å². The van der Waals surface area contributed by atoms with Gasteiger partial charge in [-0.3, -0.25) is 14.4 Å². The summed E-state index contributed by atoms with van der Waals surface area (Å²) < 4.78 is 4.80. The number of esters is 1. The number of carboxylic acids is 1. The number of allylic oxidation sites excluding steroid dienone is 2. The average molecular weight is 239 g/mol. The van der Waals surface area contributed by atoms with Crippen molar-refractivity contribution in [3.05, 3.63) is 24.1 Å². The van der Waals surface area contributed by atoms with Crippen molar-refractivity contribution in [2.75, 3.05) is 6.54 Å². The molecule has 92 valence electrons. The van der Waals surface area contributed by atoms with E-state index >= 15 is 0 Å². The first-order valence-corrected chi connectivity index (χ1v) is 5.00. The predicted molar refractivity (Wildman–Crippen MR) is 57.7 cm³/mol. The maximum absolute atomic E-state index is 11.6. The lowest BCUT2D eigenvalue weighted by Gasteiger charge is -2.20. The second kappa shape index (κ2) is 5.29. The molecule has 1 heterocycles. The van der Waals surface area contributed by atoms with E-state index in [1.165, 1.54) is 13.0 Å². The number of carboxylic acid groups (broad SMARTS) is 1. The summed E-state index contributed by atoms with van der Waals surface area (Å²) in [5, 5.41) is 11.1. The van der Waals surface area contributed by atoms with Gasteiger partial charge >= 0.3 is 11.9 Å². The van der Waals surface area contributed by atoms with Gasteiger partial charge in [0.25, 0.3) is 0 Å². The highest BCUT2D eigenvalue weighted by atomic mass is 16.5. The van der Waals surface area contributed by atoms with Crippen LogP contribution in [0.15, 0.2) is 24.1 Å². The number of aliphatic carboxylic acids is 1. The molecular weight excluding hydrogens is 226 g/mol. The number of ether oxygens (including phenoxy) is 1. The number of carbonyl (C=O) groups excluding carboxylic acids is 2. The minimum atomic E-state index is -1.09. The molecule has 2 N–H and O–H groups in total. The number of cyclic esters (lactones) is 1. The average Bonchev–Trinajstić information content (AvgIpc) is 2.14. The van der Waals surface area contributed by atoms with E-state index in [9.17, 15) is 14.4 Å². The van der Waals surface area contributed by atoms with Crippen LogP contribution < -0.4 is 5.32 Å². The molecule has 6 nitrogen and oxygen atoms in total. The van der Waals surface area contributed by atoms with E-state index in [0.717, 1.165) is 0 Å². The molecule has 0 fully saturated rings. The van der Waals surface area contributed by atoms with Gasteiger partial charge in [0.15, 0.2) is 11.7 Å². The van der Waals surface area contributed by atoms with E-state index < -0.39 is 23.6 Å². The van der Waals surface area contributed by atoms with Gasteiger partial charge in [-0.25, -0.2) is 0 Å². The molecule has 1 atom stereocenters. The molecule has 0 unspecified atom stereocenters. The quantitative estimate of drug-likeness (QED) is 0.526. The van der Waals surface area contributed by atoms with Crippen LogP contribution in [0, 0.1) is 5.92 Å². The number of ketones is 1. The Morgan fingerprint density at radius 3 is 2.76 bits per heavy atom. The van der Waals surface area contributed by atoms with E-state index in [4.69, 9.17) is 9.84 Å². The van der Waals surface area contributed by atoms with Gasteiger partial charge in [0.1, 0.15) is 5.76 Å². The molecule has 0 aromatic heterocycles. The number of nitrogens with one attached hydrogen (secondary N) is 1. The molecule has 0 saturated carbocycles. The maximum Gasteiger partial charge on any atom is 0.327 e. The molecule has 0 bridgehead atoms. The van der Waals surface area contributed by atoms with Crippen molar-refractivity contribution in [2.24, 2.45) is 5.92 Å². The number of hydrogen-bond donors (Lipinski definition) is 2. The Labute approximate surface area is 97.9 Å². The molecule has 17 heavy (non-hydrogen) atoms. The van der Waals surface area contributed by atoms with Gasteiger partial charge in [-0.05, 0) is 6.92 Å². The molecule has 0 aromatic carbocycles. The van der Waals surface area contributed by atoms with Crippen molar-refractivity contribution in [2.45, 2.75) is 13.3 Å². The highest BCUT2D eigenvalue weighted by Crippen LogP contribution is 2.19. The molecule has 0 amide bonds. The Hall–Kier alpha value is -2.11. The summed E-state index contributed by atoms with van der Waals surface area (Å²) in [5.74, 6) is -2.92. The van der Waals surface area contributed by atoms with Crippen LogP contribution in [0.4, 0.5) is 0 Å². The zero-order valence-corrected chi connectivity index (χ0v) is 9.36. The maximum atomic E-state index is 11.6. The lowest BCUT2D eigenvalue weighted by atomic mass is 9.98. The van der Waals surface area contributed by atoms with E-state index in [1.54, 1.807) is 0 Å². The largest absolute Gasteiger partial charge is 0.481 e. The van der Waals surface area contributed by atoms with Crippen LogP contribution in [0.3, 0.4) is 0 Å². The molecule has 0 aliphatic carbocycles. The number of carbonyl (C=O) groups is 3. The lowest BCUT2D eigenvalue weighted by Crippen LogP contribution is -2.35. The smallest absolute Gasteiger partial charge is 0.327 e. The highest BCUT2D eigenvalue weighted by Gasteiger charge is 2.33. The van der Waals surface area contributed by atoms with E-state index in [-0.39, 0.29) is 24.4 Å². The van der Waals surface area contributed by atoms with Crippen LogP contribution in [0.5, 0.6) is 0 Å². The zero-order valence-electron chi connectivity index (χ0n) is 9.36. The van der Waals surface area contributed by atoms with Crippen LogP contribution in [0.2, 0.25) is 0 Å². The summed E-state index contributed by atoms with van der Waals surface area (Å²) in [5.41, 5.74) is 0.157. The van der Waals surface area contributed by atoms with Crippen LogP contribution in [-0.2, 0) is 19.1 Å². The normalized spacial score (nSPS) is 19.4. The SMILES string of the molecule is C=C(NCCC(=O)O)[C@H]1C(=O)C=C(C)OC1=O. The van der Waals surface area contributed by atoms with Gasteiger partial charge in [-0.15, -0.1) is 0 Å². The van der Waals surface area contributed by atoms with Gasteiger partial charge in [0, 0.05) is 18.3 Å². The molecule has 1 rings (SSSR count). The fourth-order valence-corrected chi connectivity index (χ4v) is 1.39. The molecule has 0 aromatic rings. The Bertz CT molecular complexity index is 410. The minimum absolute atomic E-state index is 0.105. The van der Waals surface area contributed by atoms with Gasteiger partial charge in [-0.1, -0.05) is 6.58 Å². The van der Waals surface area contributed by atoms with E-state index in [2.05, 4.69) is 11.9 Å². The highest BCUT2D eigenvalue weighted by molar-refractivity contribution is 6.09. The first-order chi connectivity index (χ1) is 7.91. The fraction of sp³-hybridized carbons (Fsp3) is 0.364. The van der Waals surface area contributed by atoms with Crippen molar-refractivity contribution in [1.82, 2.24) is 5.32 Å². The van der Waals surface area contributed by atoms with E-state index in [0.29, 0.717) is 0 Å². The Balaban J connectivity index is 2.60. The third kappa shape index (κ3) is 3.44. The monoisotopic (exact) mass is 239 g/mol. The molecule has 1 aliphatic heterocycles. The zero-order chi connectivity index (χ0) is 13.0. The summed E-state index contributed by atoms with van der Waals surface area (Å²) in [6.45, 7) is 5.16. The number of rotatable bonds is 5. The summed E-state index contributed by atoms with van der Waals surface area (Å²) in [6, 6.07) is 0. The summed E-state index contributed by atoms with van der Waals surface area (Å²) in [4.78, 5) is 33.3. The second-order valence-electron chi connectivity index (χ2n) is 3.61. The van der Waals surface area contributed by atoms with Gasteiger partial charge < -0.3 is 15.2 Å². The van der Waals surface area contributed by atoms with Crippen molar-refractivity contribution in [3.63, 3.8) is 0 Å². The standard InChI is InChI=1S/C11H13NO5/c1-6-5-8(13)10(11(16)17-6)7(2)12-4-3-9(14)15/h5,10,12H,2-4H2,1H3,(H,14,15)/t10-/m0/s1. The van der Waals surface area contributed by atoms with Gasteiger partial charge in [0.05, 0.1) is 6.42 Å². The van der Waals surface area contributed by atoms with Crippen molar-refractivity contribution in [3.8, 4) is 0 Å². The van der Waals surface area contributed by atoms with Crippen molar-refractivity contribution in [1.29, 1.82) is 0 Å². The van der Waals surface area contributed by atoms with E-state index in [1.807, 2.05) is 0 Å². The first-order valence-electron chi connectivity index (χ1n) is 5.00. The summed E-state index contributed by atoms with van der Waals surface area (Å²) in [7, 11) is 0. The van der Waals surface area contributed by atoms with Gasteiger partial charge in [0.2, 0.25) is 0 Å². The van der Waals surface area contributed by atoms with Crippen molar-refractivity contribution < 1.29 is 24.2 Å². The minimum Gasteiger partial charge on any atom is -0.481 e. The Morgan fingerprint density at radius 1 is 1.59 bits per heavy atom. The van der Waals surface area contributed by atoms with Crippen molar-refractivity contribution >= 4 is 17.7 Å². The lowest BCUT2D eigenvalue weighted by molar-refractivity contribution is -0.147. The third-order valence-electron chi connectivity index (χ3n) is 2.17. The molecular formula is C11H13NO5. The Morgan fingerprint density at radius 2 is 2.24 bits per heavy atom. The van der Waals surface area contributed by atoms with Crippen LogP contribution in [0.25, 0.3) is 0 Å². The summed E-state index contributed by atoms with van der Waals surface area (Å²) >= 11 is 0. The fourth-order valence-electron chi connectivity index (χ4n) is 1.39. The number of hydrogen-bond acceptors (Lipinski definition) is 5. The third-order valence-corrected chi connectivity index (χ3v) is 2.17. The summed E-state index contributed by atoms with van der Waals surface area (Å²) in [6.07, 6.45) is 1.10.